The highest BCUT2D eigenvalue weighted by molar-refractivity contribution is 5.94. The lowest BCUT2D eigenvalue weighted by Crippen LogP contribution is -2.35. The molecule has 5 heteroatoms. The lowest BCUT2D eigenvalue weighted by molar-refractivity contribution is 0.0741. The minimum atomic E-state index is -0.771. The highest BCUT2D eigenvalue weighted by Crippen LogP contribution is 2.14. The first kappa shape index (κ1) is 13.1. The molecule has 0 bridgehead atoms. The molecular formula is C12H12F2N2O. The molecule has 0 heterocycles. The molecule has 0 aliphatic rings. The van der Waals surface area contributed by atoms with E-state index in [2.05, 4.69) is 0 Å². The maximum absolute atomic E-state index is 13.4. The molecule has 0 spiro atoms. The Hall–Kier alpha value is -1.96. The standard InChI is InChI=1S/C12H12F2N2O/c1-8(5-6-15)16(2)12(17)10-7-9(13)3-4-11(10)14/h3-4,7-8H,5H2,1-2H3. The molecule has 0 aliphatic carbocycles. The Morgan fingerprint density at radius 1 is 1.53 bits per heavy atom. The second-order valence-corrected chi connectivity index (χ2v) is 3.75. The van der Waals surface area contributed by atoms with Gasteiger partial charge in [0.25, 0.3) is 5.91 Å². The lowest BCUT2D eigenvalue weighted by Gasteiger charge is -2.23. The third-order valence-corrected chi connectivity index (χ3v) is 2.53. The van der Waals surface area contributed by atoms with Gasteiger partial charge in [-0.3, -0.25) is 4.79 Å². The minimum absolute atomic E-state index is 0.138. The molecule has 1 rings (SSSR count). The smallest absolute Gasteiger partial charge is 0.256 e. The second kappa shape index (κ2) is 5.39. The van der Waals surface area contributed by atoms with Gasteiger partial charge in [-0.2, -0.15) is 5.26 Å². The van der Waals surface area contributed by atoms with Crippen LogP contribution in [-0.4, -0.2) is 23.9 Å². The van der Waals surface area contributed by atoms with Crippen molar-refractivity contribution in [1.82, 2.24) is 4.90 Å². The summed E-state index contributed by atoms with van der Waals surface area (Å²) in [5, 5.41) is 8.51. The average Bonchev–Trinajstić information content (AvgIpc) is 2.30. The van der Waals surface area contributed by atoms with Crippen LogP contribution < -0.4 is 0 Å². The van der Waals surface area contributed by atoms with E-state index >= 15 is 0 Å². The van der Waals surface area contributed by atoms with Crippen LogP contribution in [0.5, 0.6) is 0 Å². The fraction of sp³-hybridized carbons (Fsp3) is 0.333. The SMILES string of the molecule is CC(CC#N)N(C)C(=O)c1cc(F)ccc1F. The van der Waals surface area contributed by atoms with Crippen LogP contribution in [0.1, 0.15) is 23.7 Å². The van der Waals surface area contributed by atoms with Crippen LogP contribution in [0, 0.1) is 23.0 Å². The zero-order chi connectivity index (χ0) is 13.0. The molecule has 0 saturated heterocycles. The Morgan fingerprint density at radius 3 is 2.76 bits per heavy atom. The van der Waals surface area contributed by atoms with Crippen molar-refractivity contribution in [3.8, 4) is 6.07 Å². The number of amides is 1. The van der Waals surface area contributed by atoms with E-state index in [0.717, 1.165) is 18.2 Å². The molecule has 3 nitrogen and oxygen atoms in total. The summed E-state index contributed by atoms with van der Waals surface area (Å²) >= 11 is 0. The number of hydrogen-bond acceptors (Lipinski definition) is 2. The van der Waals surface area contributed by atoms with Crippen molar-refractivity contribution in [2.75, 3.05) is 7.05 Å². The number of nitrogens with zero attached hydrogens (tertiary/aromatic N) is 2. The molecule has 1 unspecified atom stereocenters. The lowest BCUT2D eigenvalue weighted by atomic mass is 10.1. The van der Waals surface area contributed by atoms with Gasteiger partial charge in [0, 0.05) is 13.1 Å². The van der Waals surface area contributed by atoms with E-state index in [4.69, 9.17) is 5.26 Å². The molecule has 0 radical (unpaired) electrons. The molecule has 0 aliphatic heterocycles. The van der Waals surface area contributed by atoms with E-state index in [1.165, 1.54) is 11.9 Å². The molecule has 0 aromatic heterocycles. The van der Waals surface area contributed by atoms with Crippen molar-refractivity contribution in [2.24, 2.45) is 0 Å². The maximum atomic E-state index is 13.4. The van der Waals surface area contributed by atoms with Crippen LogP contribution in [0.4, 0.5) is 8.78 Å². The zero-order valence-corrected chi connectivity index (χ0v) is 9.58. The molecule has 0 N–H and O–H groups in total. The van der Waals surface area contributed by atoms with Crippen LogP contribution in [0.25, 0.3) is 0 Å². The van der Waals surface area contributed by atoms with Crippen LogP contribution in [0.2, 0.25) is 0 Å². The van der Waals surface area contributed by atoms with E-state index in [1.807, 2.05) is 6.07 Å². The Morgan fingerprint density at radius 2 is 2.18 bits per heavy atom. The first-order chi connectivity index (χ1) is 7.97. The summed E-state index contributed by atoms with van der Waals surface area (Å²) in [6, 6.07) is 4.28. The topological polar surface area (TPSA) is 44.1 Å². The number of nitriles is 1. The summed E-state index contributed by atoms with van der Waals surface area (Å²) < 4.78 is 26.3. The number of benzene rings is 1. The quantitative estimate of drug-likeness (QED) is 0.811. The van der Waals surface area contributed by atoms with Crippen LogP contribution in [-0.2, 0) is 0 Å². The van der Waals surface area contributed by atoms with Crippen molar-refractivity contribution >= 4 is 5.91 Å². The summed E-state index contributed by atoms with van der Waals surface area (Å²) in [7, 11) is 1.45. The van der Waals surface area contributed by atoms with Crippen molar-refractivity contribution < 1.29 is 13.6 Å². The molecule has 0 saturated carbocycles. The number of halogens is 2. The fourth-order valence-electron chi connectivity index (χ4n) is 1.32. The Kier molecular flexibility index (Phi) is 4.16. The average molecular weight is 238 g/mol. The molecule has 90 valence electrons. The first-order valence-corrected chi connectivity index (χ1v) is 5.06. The fourth-order valence-corrected chi connectivity index (χ4v) is 1.32. The van der Waals surface area contributed by atoms with E-state index in [-0.39, 0.29) is 18.0 Å². The van der Waals surface area contributed by atoms with Gasteiger partial charge in [0.15, 0.2) is 0 Å². The molecular weight excluding hydrogens is 226 g/mol. The van der Waals surface area contributed by atoms with E-state index < -0.39 is 17.5 Å². The normalized spacial score (nSPS) is 11.7. The highest BCUT2D eigenvalue weighted by Gasteiger charge is 2.20. The third-order valence-electron chi connectivity index (χ3n) is 2.53. The summed E-state index contributed by atoms with van der Waals surface area (Å²) in [4.78, 5) is 13.1. The van der Waals surface area contributed by atoms with Crippen molar-refractivity contribution in [3.05, 3.63) is 35.4 Å². The molecule has 1 aromatic carbocycles. The Bertz CT molecular complexity index is 468. The summed E-state index contributed by atoms with van der Waals surface area (Å²) in [6.07, 6.45) is 0.138. The molecule has 1 aromatic rings. The van der Waals surface area contributed by atoms with Crippen LogP contribution in [0.15, 0.2) is 18.2 Å². The molecule has 1 amide bonds. The number of carbonyl (C=O) groups excluding carboxylic acids is 1. The van der Waals surface area contributed by atoms with Crippen molar-refractivity contribution in [3.63, 3.8) is 0 Å². The van der Waals surface area contributed by atoms with Gasteiger partial charge < -0.3 is 4.90 Å². The van der Waals surface area contributed by atoms with Gasteiger partial charge in [0.05, 0.1) is 18.1 Å². The summed E-state index contributed by atoms with van der Waals surface area (Å²) in [5.41, 5.74) is -0.322. The molecule has 0 fully saturated rings. The molecule has 1 atom stereocenters. The van der Waals surface area contributed by atoms with Crippen molar-refractivity contribution in [1.29, 1.82) is 5.26 Å². The number of rotatable bonds is 3. The highest BCUT2D eigenvalue weighted by atomic mass is 19.1. The van der Waals surface area contributed by atoms with Crippen LogP contribution in [0.3, 0.4) is 0 Å². The zero-order valence-electron chi connectivity index (χ0n) is 9.58. The monoisotopic (exact) mass is 238 g/mol. The van der Waals surface area contributed by atoms with Gasteiger partial charge >= 0.3 is 0 Å². The van der Waals surface area contributed by atoms with Gasteiger partial charge in [0.2, 0.25) is 0 Å². The Labute approximate surface area is 98.3 Å². The van der Waals surface area contributed by atoms with Gasteiger partial charge in [-0.1, -0.05) is 0 Å². The van der Waals surface area contributed by atoms with E-state index in [9.17, 15) is 13.6 Å². The number of hydrogen-bond donors (Lipinski definition) is 0. The largest absolute Gasteiger partial charge is 0.338 e. The van der Waals surface area contributed by atoms with Crippen LogP contribution >= 0.6 is 0 Å². The van der Waals surface area contributed by atoms with Gasteiger partial charge in [0.1, 0.15) is 11.6 Å². The van der Waals surface area contributed by atoms with Crippen molar-refractivity contribution in [2.45, 2.75) is 19.4 Å². The first-order valence-electron chi connectivity index (χ1n) is 5.06. The number of carbonyl (C=O) groups is 1. The summed E-state index contributed by atoms with van der Waals surface area (Å²) in [5.74, 6) is -2.08. The van der Waals surface area contributed by atoms with E-state index in [0.29, 0.717) is 0 Å². The molecule has 17 heavy (non-hydrogen) atoms. The maximum Gasteiger partial charge on any atom is 0.256 e. The predicted octanol–water partition coefficient (Wildman–Crippen LogP) is 2.34. The summed E-state index contributed by atoms with van der Waals surface area (Å²) in [6.45, 7) is 1.67. The minimum Gasteiger partial charge on any atom is -0.338 e. The van der Waals surface area contributed by atoms with Gasteiger partial charge in [-0.05, 0) is 25.1 Å². The second-order valence-electron chi connectivity index (χ2n) is 3.75. The van der Waals surface area contributed by atoms with E-state index in [1.54, 1.807) is 6.92 Å². The van der Waals surface area contributed by atoms with Gasteiger partial charge in [-0.25, -0.2) is 8.78 Å². The Balaban J connectivity index is 2.96. The predicted molar refractivity (Wildman–Crippen MR) is 58.1 cm³/mol. The third kappa shape index (κ3) is 3.00. The van der Waals surface area contributed by atoms with Gasteiger partial charge in [-0.15, -0.1) is 0 Å².